The number of aliphatic hydroxyl groups excluding tert-OH is 1. The second kappa shape index (κ2) is 14.7. The standard InChI is InChI=1S/C28H28BrF3N3O9P/c1-17(26(38)41-15-18-5-3-2-4-6-18)34-45(40,44-21-9-7-20(8-10-21)28(30,31)32)42-16-23-22(36)13-24(43-23)35-14-19(11-12-29)25(37)33-27(35)39/h2-12,14,17,22-24,36H,13,15-16H2,1H3,(H,34,40)(H,33,37,39)/t17-,22?,23+,24+,45?/m0/s1. The van der Waals surface area contributed by atoms with Crippen LogP contribution in [0, 0.1) is 0 Å². The lowest BCUT2D eigenvalue weighted by Gasteiger charge is -2.25. The highest BCUT2D eigenvalue weighted by molar-refractivity contribution is 9.11. The van der Waals surface area contributed by atoms with E-state index in [2.05, 4.69) is 26.0 Å². The maximum atomic E-state index is 13.8. The second-order valence-electron chi connectivity index (χ2n) is 9.83. The van der Waals surface area contributed by atoms with Crippen LogP contribution in [0.4, 0.5) is 13.2 Å². The van der Waals surface area contributed by atoms with Crippen molar-refractivity contribution < 1.29 is 46.2 Å². The van der Waals surface area contributed by atoms with E-state index < -0.39 is 67.8 Å². The number of nitrogens with one attached hydrogen (secondary N) is 2. The number of hydrogen-bond donors (Lipinski definition) is 3. The molecular weight excluding hydrogens is 690 g/mol. The van der Waals surface area contributed by atoms with Gasteiger partial charge in [-0.05, 0) is 47.8 Å². The Hall–Kier alpha value is -3.53. The Balaban J connectivity index is 1.49. The molecular formula is C28H28BrF3N3O9P. The molecule has 0 saturated carbocycles. The number of alkyl halides is 3. The van der Waals surface area contributed by atoms with Crippen molar-refractivity contribution in [2.24, 2.45) is 0 Å². The number of halogens is 4. The number of nitrogens with zero attached hydrogens (tertiary/aromatic N) is 1. The predicted molar refractivity (Wildman–Crippen MR) is 158 cm³/mol. The minimum atomic E-state index is -4.63. The van der Waals surface area contributed by atoms with Crippen LogP contribution in [-0.4, -0.2) is 45.5 Å². The molecule has 0 spiro atoms. The second-order valence-corrected chi connectivity index (χ2v) is 12.0. The van der Waals surface area contributed by atoms with Gasteiger partial charge in [0.15, 0.2) is 0 Å². The van der Waals surface area contributed by atoms with Crippen LogP contribution in [0.2, 0.25) is 0 Å². The molecule has 3 N–H and O–H groups in total. The van der Waals surface area contributed by atoms with E-state index in [4.69, 9.17) is 18.5 Å². The molecule has 1 aliphatic heterocycles. The first kappa shape index (κ1) is 34.3. The molecule has 5 atom stereocenters. The summed E-state index contributed by atoms with van der Waals surface area (Å²) >= 11 is 3.05. The molecule has 12 nitrogen and oxygen atoms in total. The zero-order valence-corrected chi connectivity index (χ0v) is 26.0. The Kier molecular flexibility index (Phi) is 11.2. The van der Waals surface area contributed by atoms with Crippen LogP contribution in [0.5, 0.6) is 5.75 Å². The van der Waals surface area contributed by atoms with E-state index in [-0.39, 0.29) is 24.3 Å². The van der Waals surface area contributed by atoms with Gasteiger partial charge in [-0.3, -0.25) is 23.7 Å². The number of carbonyl (C=O) groups excluding carboxylic acids is 1. The average Bonchev–Trinajstić information content (AvgIpc) is 3.36. The van der Waals surface area contributed by atoms with Gasteiger partial charge >= 0.3 is 25.6 Å². The van der Waals surface area contributed by atoms with Crippen molar-refractivity contribution in [1.29, 1.82) is 0 Å². The lowest BCUT2D eigenvalue weighted by Crippen LogP contribution is -2.36. The van der Waals surface area contributed by atoms with Crippen molar-refractivity contribution in [2.45, 2.75) is 50.6 Å². The highest BCUT2D eigenvalue weighted by Crippen LogP contribution is 2.46. The highest BCUT2D eigenvalue weighted by Gasteiger charge is 2.40. The Morgan fingerprint density at radius 1 is 1.22 bits per heavy atom. The average molecular weight is 718 g/mol. The van der Waals surface area contributed by atoms with E-state index >= 15 is 0 Å². The number of aromatic nitrogens is 2. The van der Waals surface area contributed by atoms with Crippen molar-refractivity contribution in [1.82, 2.24) is 14.6 Å². The first-order valence-corrected chi connectivity index (χ1v) is 15.8. The Morgan fingerprint density at radius 2 is 1.91 bits per heavy atom. The first-order chi connectivity index (χ1) is 21.3. The SMILES string of the molecule is C[C@H](NP(=O)(OC[C@H]1O[C@@H](n2cc(C=CBr)c(=O)[nH]c2=O)CC1O)Oc1ccc(C(F)(F)F)cc1)C(=O)OCc1ccccc1. The van der Waals surface area contributed by atoms with Gasteiger partial charge in [-0.25, -0.2) is 9.36 Å². The van der Waals surface area contributed by atoms with E-state index in [9.17, 15) is 37.2 Å². The third-order valence-corrected chi connectivity index (χ3v) is 8.41. The smallest absolute Gasteiger partial charge is 0.459 e. The number of carbonyl (C=O) groups is 1. The van der Waals surface area contributed by atoms with Crippen molar-refractivity contribution in [3.63, 3.8) is 0 Å². The van der Waals surface area contributed by atoms with Gasteiger partial charge in [0.2, 0.25) is 0 Å². The van der Waals surface area contributed by atoms with E-state index in [1.54, 1.807) is 30.3 Å². The van der Waals surface area contributed by atoms with Crippen LogP contribution in [0.3, 0.4) is 0 Å². The van der Waals surface area contributed by atoms with Gasteiger partial charge < -0.3 is 19.1 Å². The molecule has 2 unspecified atom stereocenters. The molecule has 17 heteroatoms. The van der Waals surface area contributed by atoms with E-state index in [0.29, 0.717) is 17.7 Å². The minimum Gasteiger partial charge on any atom is -0.460 e. The largest absolute Gasteiger partial charge is 0.460 e. The Bertz CT molecular complexity index is 1670. The third kappa shape index (κ3) is 9.25. The van der Waals surface area contributed by atoms with E-state index in [1.807, 2.05) is 0 Å². The third-order valence-electron chi connectivity index (χ3n) is 6.50. The summed E-state index contributed by atoms with van der Waals surface area (Å²) in [5.41, 5.74) is -1.61. The van der Waals surface area contributed by atoms with Gasteiger partial charge in [-0.15, -0.1) is 0 Å². The lowest BCUT2D eigenvalue weighted by atomic mass is 10.2. The number of rotatable bonds is 12. The number of ether oxygens (including phenoxy) is 2. The summed E-state index contributed by atoms with van der Waals surface area (Å²) in [6.45, 7) is 0.635. The minimum absolute atomic E-state index is 0.0859. The summed E-state index contributed by atoms with van der Waals surface area (Å²) in [5.74, 6) is -1.11. The molecule has 2 aromatic carbocycles. The number of esters is 1. The summed E-state index contributed by atoms with van der Waals surface area (Å²) in [4.78, 5) is 40.7. The normalized spacial score (nSPS) is 20.5. The van der Waals surface area contributed by atoms with Crippen LogP contribution in [-0.2, 0) is 36.1 Å². The summed E-state index contributed by atoms with van der Waals surface area (Å²) in [6.07, 6.45) is -5.56. The molecule has 2 heterocycles. The fourth-order valence-electron chi connectivity index (χ4n) is 4.19. The molecule has 0 amide bonds. The fourth-order valence-corrected chi connectivity index (χ4v) is 5.97. The van der Waals surface area contributed by atoms with Crippen LogP contribution < -0.4 is 20.9 Å². The molecule has 0 bridgehead atoms. The lowest BCUT2D eigenvalue weighted by molar-refractivity contribution is -0.146. The maximum absolute atomic E-state index is 13.8. The Labute approximate surface area is 262 Å². The molecule has 4 rings (SSSR count). The van der Waals surface area contributed by atoms with Gasteiger partial charge in [0.25, 0.3) is 5.56 Å². The van der Waals surface area contributed by atoms with Gasteiger partial charge in [0.05, 0.1) is 23.8 Å². The summed E-state index contributed by atoms with van der Waals surface area (Å²) in [5, 5.41) is 13.0. The molecule has 45 heavy (non-hydrogen) atoms. The van der Waals surface area contributed by atoms with Crippen LogP contribution in [0.15, 0.2) is 75.4 Å². The first-order valence-electron chi connectivity index (χ1n) is 13.3. The number of H-pyrrole nitrogens is 1. The van der Waals surface area contributed by atoms with E-state index in [0.717, 1.165) is 16.7 Å². The molecule has 1 aromatic heterocycles. The zero-order valence-electron chi connectivity index (χ0n) is 23.5. The van der Waals surface area contributed by atoms with E-state index in [1.165, 1.54) is 24.2 Å². The topological polar surface area (TPSA) is 158 Å². The van der Waals surface area contributed by atoms with Crippen LogP contribution >= 0.6 is 23.7 Å². The van der Waals surface area contributed by atoms with Crippen molar-refractivity contribution >= 4 is 35.7 Å². The number of aliphatic hydroxyl groups is 1. The zero-order chi connectivity index (χ0) is 32.8. The molecule has 1 saturated heterocycles. The molecule has 1 fully saturated rings. The van der Waals surface area contributed by atoms with Crippen LogP contribution in [0.25, 0.3) is 6.08 Å². The molecule has 242 valence electrons. The number of benzene rings is 2. The Morgan fingerprint density at radius 3 is 2.56 bits per heavy atom. The maximum Gasteiger partial charge on any atom is 0.459 e. The predicted octanol–water partition coefficient (Wildman–Crippen LogP) is 4.49. The fraction of sp³-hybridized carbons (Fsp3) is 0.321. The number of hydrogen-bond acceptors (Lipinski definition) is 9. The molecule has 0 aliphatic carbocycles. The van der Waals surface area contributed by atoms with Crippen molar-refractivity contribution in [3.8, 4) is 5.75 Å². The highest BCUT2D eigenvalue weighted by atomic mass is 79.9. The summed E-state index contributed by atoms with van der Waals surface area (Å²) in [7, 11) is -4.56. The molecule has 3 aromatic rings. The quantitative estimate of drug-likeness (QED) is 0.180. The van der Waals surface area contributed by atoms with Gasteiger partial charge in [-0.2, -0.15) is 18.3 Å². The van der Waals surface area contributed by atoms with Crippen LogP contribution in [0.1, 0.15) is 36.3 Å². The molecule has 0 radical (unpaired) electrons. The van der Waals surface area contributed by atoms with Gasteiger partial charge in [-0.1, -0.05) is 46.3 Å². The van der Waals surface area contributed by atoms with Crippen molar-refractivity contribution in [2.75, 3.05) is 6.61 Å². The summed E-state index contributed by atoms with van der Waals surface area (Å²) < 4.78 is 76.0. The van der Waals surface area contributed by atoms with Gasteiger partial charge in [0.1, 0.15) is 30.7 Å². The van der Waals surface area contributed by atoms with Gasteiger partial charge in [0, 0.05) is 12.6 Å². The number of aromatic amines is 1. The van der Waals surface area contributed by atoms with Crippen molar-refractivity contribution in [3.05, 3.63) is 103 Å². The molecule has 1 aliphatic rings. The monoisotopic (exact) mass is 717 g/mol. The summed E-state index contributed by atoms with van der Waals surface area (Å²) in [6, 6.07) is 10.8.